The van der Waals surface area contributed by atoms with Crippen LogP contribution in [0.25, 0.3) is 0 Å². The van der Waals surface area contributed by atoms with Gasteiger partial charge < -0.3 is 9.73 Å². The van der Waals surface area contributed by atoms with E-state index in [9.17, 15) is 4.79 Å². The molecule has 0 unspecified atom stereocenters. The molecule has 2 heterocycles. The van der Waals surface area contributed by atoms with Crippen molar-refractivity contribution in [2.75, 3.05) is 0 Å². The van der Waals surface area contributed by atoms with E-state index in [1.165, 1.54) is 12.7 Å². The molecule has 1 amide bonds. The fourth-order valence-electron chi connectivity index (χ4n) is 1.08. The first kappa shape index (κ1) is 9.39. The zero-order valence-corrected chi connectivity index (χ0v) is 7.88. The first-order valence-corrected chi connectivity index (χ1v) is 4.42. The van der Waals surface area contributed by atoms with Gasteiger partial charge in [-0.15, -0.1) is 0 Å². The molecular formula is C10H9N3O2. The predicted octanol–water partition coefficient (Wildman–Crippen LogP) is 1.000. The summed E-state index contributed by atoms with van der Waals surface area (Å²) in [7, 11) is 0. The lowest BCUT2D eigenvalue weighted by atomic mass is 10.3. The van der Waals surface area contributed by atoms with Gasteiger partial charge in [0, 0.05) is 6.20 Å². The van der Waals surface area contributed by atoms with Crippen molar-refractivity contribution in [2.24, 2.45) is 0 Å². The summed E-state index contributed by atoms with van der Waals surface area (Å²) < 4.78 is 4.77. The number of hydrogen-bond acceptors (Lipinski definition) is 4. The van der Waals surface area contributed by atoms with Gasteiger partial charge in [-0.25, -0.2) is 4.98 Å². The summed E-state index contributed by atoms with van der Waals surface area (Å²) in [5.74, 6) is -0.224. The van der Waals surface area contributed by atoms with Crippen LogP contribution in [-0.2, 0) is 6.54 Å². The van der Waals surface area contributed by atoms with Crippen LogP contribution in [0.1, 0.15) is 16.2 Å². The van der Waals surface area contributed by atoms with E-state index < -0.39 is 0 Å². The Labute approximate surface area is 86.2 Å². The lowest BCUT2D eigenvalue weighted by Crippen LogP contribution is -2.23. The number of nitrogens with one attached hydrogen (secondary N) is 1. The molecule has 0 fully saturated rings. The average Bonchev–Trinajstić information content (AvgIpc) is 2.80. The van der Waals surface area contributed by atoms with E-state index in [4.69, 9.17) is 4.42 Å². The standard InChI is InChI=1S/C10H9N3O2/c14-10(9-3-1-2-4-11-9)12-5-8-6-15-7-13-8/h1-4,6-7H,5H2,(H,12,14). The Morgan fingerprint density at radius 3 is 3.00 bits per heavy atom. The van der Waals surface area contributed by atoms with E-state index in [1.807, 2.05) is 0 Å². The lowest BCUT2D eigenvalue weighted by molar-refractivity contribution is 0.0945. The SMILES string of the molecule is O=C(NCc1cocn1)c1ccccn1. The molecule has 0 bridgehead atoms. The number of nitrogens with zero attached hydrogens (tertiary/aromatic N) is 2. The molecule has 0 aliphatic rings. The molecule has 2 aromatic rings. The number of pyridine rings is 1. The molecule has 5 heteroatoms. The molecule has 0 atom stereocenters. The molecule has 1 N–H and O–H groups in total. The van der Waals surface area contributed by atoms with Crippen molar-refractivity contribution in [1.82, 2.24) is 15.3 Å². The highest BCUT2D eigenvalue weighted by molar-refractivity contribution is 5.92. The molecule has 15 heavy (non-hydrogen) atoms. The number of amides is 1. The molecule has 0 saturated heterocycles. The number of oxazole rings is 1. The van der Waals surface area contributed by atoms with Gasteiger partial charge in [-0.2, -0.15) is 0 Å². The minimum Gasteiger partial charge on any atom is -0.451 e. The minimum absolute atomic E-state index is 0.224. The Balaban J connectivity index is 1.94. The van der Waals surface area contributed by atoms with Gasteiger partial charge in [-0.1, -0.05) is 6.07 Å². The van der Waals surface area contributed by atoms with Crippen molar-refractivity contribution in [3.05, 3.63) is 48.4 Å². The Bertz CT molecular complexity index is 425. The monoisotopic (exact) mass is 203 g/mol. The van der Waals surface area contributed by atoms with Crippen LogP contribution in [0.4, 0.5) is 0 Å². The number of rotatable bonds is 3. The smallest absolute Gasteiger partial charge is 0.270 e. The van der Waals surface area contributed by atoms with Gasteiger partial charge in [0.15, 0.2) is 6.39 Å². The number of carbonyl (C=O) groups excluding carboxylic acids is 1. The van der Waals surface area contributed by atoms with E-state index in [1.54, 1.807) is 24.4 Å². The van der Waals surface area contributed by atoms with Gasteiger partial charge in [0.05, 0.1) is 12.2 Å². The van der Waals surface area contributed by atoms with Gasteiger partial charge in [-0.05, 0) is 12.1 Å². The van der Waals surface area contributed by atoms with Crippen LogP contribution in [0.5, 0.6) is 0 Å². The normalized spacial score (nSPS) is 9.87. The Hall–Kier alpha value is -2.17. The van der Waals surface area contributed by atoms with Gasteiger partial charge in [-0.3, -0.25) is 9.78 Å². The summed E-state index contributed by atoms with van der Waals surface area (Å²) in [6.07, 6.45) is 4.38. The first-order valence-electron chi connectivity index (χ1n) is 4.42. The molecular weight excluding hydrogens is 194 g/mol. The summed E-state index contributed by atoms with van der Waals surface area (Å²) in [5, 5.41) is 2.68. The van der Waals surface area contributed by atoms with E-state index in [2.05, 4.69) is 15.3 Å². The van der Waals surface area contributed by atoms with Crippen LogP contribution in [-0.4, -0.2) is 15.9 Å². The highest BCUT2D eigenvalue weighted by atomic mass is 16.3. The van der Waals surface area contributed by atoms with Crippen molar-refractivity contribution >= 4 is 5.91 Å². The molecule has 76 valence electrons. The van der Waals surface area contributed by atoms with E-state index in [-0.39, 0.29) is 5.91 Å². The van der Waals surface area contributed by atoms with E-state index in [0.29, 0.717) is 17.9 Å². The third kappa shape index (κ3) is 2.40. The zero-order valence-electron chi connectivity index (χ0n) is 7.88. The van der Waals surface area contributed by atoms with Crippen molar-refractivity contribution in [1.29, 1.82) is 0 Å². The van der Waals surface area contributed by atoms with Crippen molar-refractivity contribution in [3.63, 3.8) is 0 Å². The molecule has 0 spiro atoms. The maximum absolute atomic E-state index is 11.5. The van der Waals surface area contributed by atoms with Crippen LogP contribution in [0.2, 0.25) is 0 Å². The quantitative estimate of drug-likeness (QED) is 0.808. The molecule has 5 nitrogen and oxygen atoms in total. The first-order chi connectivity index (χ1) is 7.36. The highest BCUT2D eigenvalue weighted by Crippen LogP contribution is 1.96. The fraction of sp³-hybridized carbons (Fsp3) is 0.100. The molecule has 0 radical (unpaired) electrons. The van der Waals surface area contributed by atoms with Crippen LogP contribution in [0, 0.1) is 0 Å². The van der Waals surface area contributed by atoms with Crippen molar-refractivity contribution < 1.29 is 9.21 Å². The average molecular weight is 203 g/mol. The Morgan fingerprint density at radius 1 is 1.40 bits per heavy atom. The molecule has 0 aliphatic heterocycles. The molecule has 2 rings (SSSR count). The summed E-state index contributed by atoms with van der Waals surface area (Å²) >= 11 is 0. The summed E-state index contributed by atoms with van der Waals surface area (Å²) in [6, 6.07) is 5.17. The van der Waals surface area contributed by atoms with E-state index in [0.717, 1.165) is 0 Å². The van der Waals surface area contributed by atoms with Crippen LogP contribution < -0.4 is 5.32 Å². The molecule has 0 aromatic carbocycles. The summed E-state index contributed by atoms with van der Waals surface area (Å²) in [5.41, 5.74) is 1.07. The van der Waals surface area contributed by atoms with Crippen molar-refractivity contribution in [2.45, 2.75) is 6.54 Å². The van der Waals surface area contributed by atoms with Gasteiger partial charge in [0.2, 0.25) is 0 Å². The second kappa shape index (κ2) is 4.36. The van der Waals surface area contributed by atoms with Crippen LogP contribution in [0.15, 0.2) is 41.5 Å². The summed E-state index contributed by atoms with van der Waals surface area (Å²) in [6.45, 7) is 0.339. The predicted molar refractivity (Wildman–Crippen MR) is 51.9 cm³/mol. The van der Waals surface area contributed by atoms with Gasteiger partial charge in [0.25, 0.3) is 5.91 Å². The lowest BCUT2D eigenvalue weighted by Gasteiger charge is -2.00. The van der Waals surface area contributed by atoms with Crippen LogP contribution in [0.3, 0.4) is 0 Å². The largest absolute Gasteiger partial charge is 0.451 e. The minimum atomic E-state index is -0.224. The van der Waals surface area contributed by atoms with Crippen molar-refractivity contribution in [3.8, 4) is 0 Å². The van der Waals surface area contributed by atoms with E-state index >= 15 is 0 Å². The molecule has 2 aromatic heterocycles. The number of carbonyl (C=O) groups is 1. The zero-order chi connectivity index (χ0) is 10.5. The van der Waals surface area contributed by atoms with Gasteiger partial charge >= 0.3 is 0 Å². The number of hydrogen-bond donors (Lipinski definition) is 1. The second-order valence-electron chi connectivity index (χ2n) is 2.88. The fourth-order valence-corrected chi connectivity index (χ4v) is 1.08. The highest BCUT2D eigenvalue weighted by Gasteiger charge is 2.05. The topological polar surface area (TPSA) is 68.0 Å². The second-order valence-corrected chi connectivity index (χ2v) is 2.88. The maximum Gasteiger partial charge on any atom is 0.270 e. The third-order valence-corrected chi connectivity index (χ3v) is 1.81. The Morgan fingerprint density at radius 2 is 2.33 bits per heavy atom. The molecule has 0 aliphatic carbocycles. The maximum atomic E-state index is 11.5. The van der Waals surface area contributed by atoms with Crippen LogP contribution >= 0.6 is 0 Å². The molecule has 0 saturated carbocycles. The third-order valence-electron chi connectivity index (χ3n) is 1.81. The van der Waals surface area contributed by atoms with Gasteiger partial charge in [0.1, 0.15) is 12.0 Å². The Kier molecular flexibility index (Phi) is 2.73. The summed E-state index contributed by atoms with van der Waals surface area (Å²) in [4.78, 5) is 19.3. The number of aromatic nitrogens is 2.